The van der Waals surface area contributed by atoms with Crippen LogP contribution in [0.3, 0.4) is 0 Å². The summed E-state index contributed by atoms with van der Waals surface area (Å²) in [6, 6.07) is 12.6. The molecule has 0 atom stereocenters. The van der Waals surface area contributed by atoms with E-state index >= 15 is 0 Å². The van der Waals surface area contributed by atoms with Crippen molar-refractivity contribution < 1.29 is 9.85 Å². The Bertz CT molecular complexity index is 598. The van der Waals surface area contributed by atoms with E-state index in [9.17, 15) is 20.2 Å². The lowest BCUT2D eigenvalue weighted by Gasteiger charge is -2.02. The molecule has 2 rings (SSSR count). The lowest BCUT2D eigenvalue weighted by Crippen LogP contribution is -1.93. The molecule has 0 spiro atoms. The first-order valence-electron chi connectivity index (χ1n) is 5.87. The second-order valence-electron chi connectivity index (χ2n) is 4.19. The second kappa shape index (κ2) is 5.92. The summed E-state index contributed by atoms with van der Waals surface area (Å²) < 4.78 is 0. The van der Waals surface area contributed by atoms with Crippen LogP contribution in [0, 0.1) is 26.6 Å². The van der Waals surface area contributed by atoms with Gasteiger partial charge in [0.05, 0.1) is 9.85 Å². The van der Waals surface area contributed by atoms with Gasteiger partial charge >= 0.3 is 0 Å². The van der Waals surface area contributed by atoms with Crippen LogP contribution in [0.4, 0.5) is 11.4 Å². The van der Waals surface area contributed by atoms with Crippen LogP contribution >= 0.6 is 0 Å². The fraction of sp³-hybridized carbons (Fsp3) is 0.0714. The van der Waals surface area contributed by atoms with E-state index in [2.05, 4.69) is 0 Å². The van der Waals surface area contributed by atoms with E-state index in [0.29, 0.717) is 12.0 Å². The van der Waals surface area contributed by atoms with Crippen molar-refractivity contribution in [2.45, 2.75) is 6.42 Å². The Morgan fingerprint density at radius 3 is 2.15 bits per heavy atom. The Morgan fingerprint density at radius 2 is 1.50 bits per heavy atom. The Morgan fingerprint density at radius 1 is 0.900 bits per heavy atom. The zero-order valence-electron chi connectivity index (χ0n) is 10.4. The van der Waals surface area contributed by atoms with Crippen molar-refractivity contribution in [2.75, 3.05) is 0 Å². The van der Waals surface area contributed by atoms with Gasteiger partial charge in [-0.15, -0.1) is 0 Å². The summed E-state index contributed by atoms with van der Waals surface area (Å²) in [5, 5.41) is 21.3. The third kappa shape index (κ3) is 3.38. The Labute approximate surface area is 115 Å². The molecule has 2 aromatic carbocycles. The predicted octanol–water partition coefficient (Wildman–Crippen LogP) is 3.30. The van der Waals surface area contributed by atoms with Crippen molar-refractivity contribution in [3.05, 3.63) is 86.3 Å². The van der Waals surface area contributed by atoms with Crippen molar-refractivity contribution in [1.29, 1.82) is 0 Å². The molecule has 0 bridgehead atoms. The number of non-ortho nitro benzene ring substituents is 2. The summed E-state index contributed by atoms with van der Waals surface area (Å²) in [6.07, 6.45) is 2.27. The maximum atomic E-state index is 10.7. The Balaban J connectivity index is 2.08. The van der Waals surface area contributed by atoms with Crippen LogP contribution in [-0.2, 0) is 6.42 Å². The van der Waals surface area contributed by atoms with Crippen molar-refractivity contribution in [2.24, 2.45) is 0 Å². The van der Waals surface area contributed by atoms with Crippen LogP contribution in [0.2, 0.25) is 0 Å². The van der Waals surface area contributed by atoms with Crippen LogP contribution < -0.4 is 0 Å². The van der Waals surface area contributed by atoms with E-state index in [1.54, 1.807) is 30.7 Å². The van der Waals surface area contributed by atoms with Gasteiger partial charge in [0.1, 0.15) is 0 Å². The van der Waals surface area contributed by atoms with Gasteiger partial charge in [-0.05, 0) is 24.0 Å². The van der Waals surface area contributed by atoms with Crippen LogP contribution in [0.15, 0.2) is 48.5 Å². The smallest absolute Gasteiger partial charge is 0.258 e. The molecule has 0 N–H and O–H groups in total. The predicted molar refractivity (Wildman–Crippen MR) is 73.3 cm³/mol. The zero-order valence-corrected chi connectivity index (χ0v) is 10.4. The first-order chi connectivity index (χ1) is 9.56. The van der Waals surface area contributed by atoms with Gasteiger partial charge in [0.2, 0.25) is 0 Å². The molecule has 6 heteroatoms. The van der Waals surface area contributed by atoms with Crippen LogP contribution in [0.1, 0.15) is 11.1 Å². The summed E-state index contributed by atoms with van der Waals surface area (Å²) in [5.74, 6) is 0. The maximum absolute atomic E-state index is 10.7. The average molecular weight is 271 g/mol. The lowest BCUT2D eigenvalue weighted by atomic mass is 10.0. The summed E-state index contributed by atoms with van der Waals surface area (Å²) in [4.78, 5) is 20.4. The Hall–Kier alpha value is -2.76. The van der Waals surface area contributed by atoms with Crippen LogP contribution in [0.5, 0.6) is 0 Å². The molecule has 0 saturated carbocycles. The van der Waals surface area contributed by atoms with Gasteiger partial charge in [0, 0.05) is 24.3 Å². The van der Waals surface area contributed by atoms with E-state index in [1.807, 2.05) is 0 Å². The van der Waals surface area contributed by atoms with E-state index in [-0.39, 0.29) is 11.4 Å². The lowest BCUT2D eigenvalue weighted by molar-refractivity contribution is -0.385. The highest BCUT2D eigenvalue weighted by molar-refractivity contribution is 5.40. The molecular formula is C14H11N2O4. The molecule has 6 nitrogen and oxygen atoms in total. The average Bonchev–Trinajstić information content (AvgIpc) is 2.45. The highest BCUT2D eigenvalue weighted by Crippen LogP contribution is 2.18. The minimum Gasteiger partial charge on any atom is -0.258 e. The molecule has 0 unspecified atom stereocenters. The molecule has 0 aliphatic heterocycles. The van der Waals surface area contributed by atoms with Gasteiger partial charge in [0.25, 0.3) is 11.4 Å². The highest BCUT2D eigenvalue weighted by Gasteiger charge is 2.08. The topological polar surface area (TPSA) is 86.3 Å². The molecule has 2 aromatic rings. The minimum atomic E-state index is -0.454. The van der Waals surface area contributed by atoms with Crippen molar-refractivity contribution in [3.63, 3.8) is 0 Å². The molecule has 0 heterocycles. The quantitative estimate of drug-likeness (QED) is 0.616. The number of hydrogen-bond acceptors (Lipinski definition) is 4. The van der Waals surface area contributed by atoms with Crippen LogP contribution in [-0.4, -0.2) is 9.85 Å². The fourth-order valence-electron chi connectivity index (χ4n) is 1.80. The third-order valence-corrected chi connectivity index (χ3v) is 2.78. The first-order valence-corrected chi connectivity index (χ1v) is 5.87. The molecule has 20 heavy (non-hydrogen) atoms. The number of rotatable bonds is 5. The largest absolute Gasteiger partial charge is 0.269 e. The highest BCUT2D eigenvalue weighted by atomic mass is 16.6. The fourth-order valence-corrected chi connectivity index (χ4v) is 1.80. The number of nitrogens with zero attached hydrogens (tertiary/aromatic N) is 2. The van der Waals surface area contributed by atoms with Gasteiger partial charge in [-0.3, -0.25) is 20.2 Å². The van der Waals surface area contributed by atoms with E-state index in [4.69, 9.17) is 0 Å². The number of nitro groups is 2. The van der Waals surface area contributed by atoms with Crippen molar-refractivity contribution >= 4 is 11.4 Å². The molecule has 1 radical (unpaired) electrons. The van der Waals surface area contributed by atoms with Gasteiger partial charge in [-0.1, -0.05) is 24.3 Å². The standard InChI is InChI=1S/C14H11N2O4/c17-15(18)13-5-1-3-11(9-13)7-8-12-4-2-6-14(10-12)16(19)20/h1-7,9-10H,8H2. The third-order valence-electron chi connectivity index (χ3n) is 2.78. The van der Waals surface area contributed by atoms with Crippen LogP contribution in [0.25, 0.3) is 0 Å². The molecule has 0 saturated heterocycles. The van der Waals surface area contributed by atoms with Crippen molar-refractivity contribution in [1.82, 2.24) is 0 Å². The van der Waals surface area contributed by atoms with E-state index in [0.717, 1.165) is 5.56 Å². The second-order valence-corrected chi connectivity index (χ2v) is 4.19. The Kier molecular flexibility index (Phi) is 4.05. The van der Waals surface area contributed by atoms with E-state index < -0.39 is 9.85 Å². The van der Waals surface area contributed by atoms with E-state index in [1.165, 1.54) is 24.3 Å². The minimum absolute atomic E-state index is 0.0257. The summed E-state index contributed by atoms with van der Waals surface area (Å²) in [5.41, 5.74) is 1.56. The molecule has 0 aliphatic carbocycles. The zero-order chi connectivity index (χ0) is 14.5. The first kappa shape index (κ1) is 13.7. The van der Waals surface area contributed by atoms with Gasteiger partial charge in [0.15, 0.2) is 0 Å². The molecular weight excluding hydrogens is 260 g/mol. The van der Waals surface area contributed by atoms with Crippen molar-refractivity contribution in [3.8, 4) is 0 Å². The van der Waals surface area contributed by atoms with Gasteiger partial charge in [-0.25, -0.2) is 0 Å². The molecule has 0 fully saturated rings. The SMILES string of the molecule is O=[N+]([O-])c1cccc([CH]Cc2cccc([N+](=O)[O-])c2)c1. The molecule has 0 aromatic heterocycles. The summed E-state index contributed by atoms with van der Waals surface area (Å²) in [6.45, 7) is 0. The number of nitro benzene ring substituents is 2. The van der Waals surface area contributed by atoms with Gasteiger partial charge < -0.3 is 0 Å². The summed E-state index contributed by atoms with van der Waals surface area (Å²) >= 11 is 0. The molecule has 101 valence electrons. The monoisotopic (exact) mass is 271 g/mol. The molecule has 0 aliphatic rings. The maximum Gasteiger partial charge on any atom is 0.269 e. The number of benzene rings is 2. The summed E-state index contributed by atoms with van der Waals surface area (Å²) in [7, 11) is 0. The molecule has 0 amide bonds. The normalized spacial score (nSPS) is 10.2. The number of hydrogen-bond donors (Lipinski definition) is 0. The van der Waals surface area contributed by atoms with Gasteiger partial charge in [-0.2, -0.15) is 0 Å².